The minimum atomic E-state index is -0.709. The maximum atomic E-state index is 11.5. The van der Waals surface area contributed by atoms with Gasteiger partial charge in [-0.15, -0.1) is 12.3 Å². The van der Waals surface area contributed by atoms with Crippen molar-refractivity contribution in [2.24, 2.45) is 5.73 Å². The van der Waals surface area contributed by atoms with Crippen LogP contribution in [0.4, 0.5) is 5.69 Å². The second kappa shape index (κ2) is 5.19. The molecule has 4 nitrogen and oxygen atoms in total. The second-order valence-electron chi connectivity index (χ2n) is 3.51. The Morgan fingerprint density at radius 3 is 2.94 bits per heavy atom. The van der Waals surface area contributed by atoms with Gasteiger partial charge < -0.3 is 16.2 Å². The number of amides is 1. The molecule has 0 bridgehead atoms. The van der Waals surface area contributed by atoms with Crippen LogP contribution in [-0.4, -0.2) is 17.1 Å². The number of hydrogen-bond acceptors (Lipinski definition) is 3. The molecule has 0 spiro atoms. The van der Waals surface area contributed by atoms with Crippen LogP contribution in [0.2, 0.25) is 0 Å². The third kappa shape index (κ3) is 3.01. The van der Waals surface area contributed by atoms with Gasteiger partial charge in [-0.05, 0) is 30.7 Å². The Kier molecular flexibility index (Phi) is 3.92. The molecule has 0 fully saturated rings. The summed E-state index contributed by atoms with van der Waals surface area (Å²) in [5.74, 6) is 2.18. The summed E-state index contributed by atoms with van der Waals surface area (Å²) in [6.07, 6.45) is 5.26. The van der Waals surface area contributed by atoms with Crippen molar-refractivity contribution >= 4 is 11.6 Å². The number of carbonyl (C=O) groups is 1. The van der Waals surface area contributed by atoms with Crippen LogP contribution in [0, 0.1) is 19.3 Å². The summed E-state index contributed by atoms with van der Waals surface area (Å²) in [6.45, 7) is 1.74. The van der Waals surface area contributed by atoms with Gasteiger partial charge in [0.1, 0.15) is 5.75 Å². The monoisotopic (exact) mass is 218 g/mol. The number of nitrogens with two attached hydrogens (primary N) is 1. The van der Waals surface area contributed by atoms with Crippen molar-refractivity contribution in [2.45, 2.75) is 19.4 Å². The predicted molar refractivity (Wildman–Crippen MR) is 62.9 cm³/mol. The fraction of sp³-hybridized carbons (Fsp3) is 0.250. The lowest BCUT2D eigenvalue weighted by Gasteiger charge is -2.10. The van der Waals surface area contributed by atoms with E-state index in [1.165, 1.54) is 6.07 Å². The number of phenols is 1. The lowest BCUT2D eigenvalue weighted by Crippen LogP contribution is -2.35. The van der Waals surface area contributed by atoms with Crippen LogP contribution >= 0.6 is 0 Å². The second-order valence-corrected chi connectivity index (χ2v) is 3.51. The zero-order valence-electron chi connectivity index (χ0n) is 9.03. The number of rotatable bonds is 3. The van der Waals surface area contributed by atoms with E-state index in [9.17, 15) is 9.90 Å². The lowest BCUT2D eigenvalue weighted by atomic mass is 10.1. The molecule has 1 amide bonds. The summed E-state index contributed by atoms with van der Waals surface area (Å²) >= 11 is 0. The highest BCUT2D eigenvalue weighted by molar-refractivity contribution is 5.95. The van der Waals surface area contributed by atoms with Gasteiger partial charge in [-0.1, -0.05) is 0 Å². The number of nitrogens with one attached hydrogen (secondary N) is 1. The largest absolute Gasteiger partial charge is 0.508 e. The average Bonchev–Trinajstić information content (AvgIpc) is 2.24. The van der Waals surface area contributed by atoms with Gasteiger partial charge in [0, 0.05) is 12.1 Å². The fourth-order valence-corrected chi connectivity index (χ4v) is 1.19. The van der Waals surface area contributed by atoms with Crippen molar-refractivity contribution in [3.8, 4) is 18.1 Å². The van der Waals surface area contributed by atoms with Crippen LogP contribution in [0.5, 0.6) is 5.75 Å². The van der Waals surface area contributed by atoms with Gasteiger partial charge in [0.2, 0.25) is 5.91 Å². The summed E-state index contributed by atoms with van der Waals surface area (Å²) in [5.41, 5.74) is 6.81. The number of benzene rings is 1. The van der Waals surface area contributed by atoms with Crippen molar-refractivity contribution in [3.63, 3.8) is 0 Å². The Hall–Kier alpha value is -1.99. The van der Waals surface area contributed by atoms with Crippen molar-refractivity contribution in [2.75, 3.05) is 5.32 Å². The van der Waals surface area contributed by atoms with E-state index < -0.39 is 6.04 Å². The highest BCUT2D eigenvalue weighted by Crippen LogP contribution is 2.20. The molecular weight excluding hydrogens is 204 g/mol. The minimum Gasteiger partial charge on any atom is -0.508 e. The van der Waals surface area contributed by atoms with Crippen molar-refractivity contribution < 1.29 is 9.90 Å². The van der Waals surface area contributed by atoms with Gasteiger partial charge >= 0.3 is 0 Å². The molecule has 1 aromatic carbocycles. The first-order valence-electron chi connectivity index (χ1n) is 4.84. The number of hydrogen-bond donors (Lipinski definition) is 3. The Morgan fingerprint density at radius 2 is 2.38 bits per heavy atom. The van der Waals surface area contributed by atoms with Gasteiger partial charge in [0.25, 0.3) is 0 Å². The van der Waals surface area contributed by atoms with E-state index in [0.29, 0.717) is 11.3 Å². The maximum Gasteiger partial charge on any atom is 0.242 e. The first-order chi connectivity index (χ1) is 7.54. The van der Waals surface area contributed by atoms with Crippen LogP contribution in [-0.2, 0) is 4.79 Å². The number of aryl methyl sites for hydroxylation is 1. The summed E-state index contributed by atoms with van der Waals surface area (Å²) in [6, 6.07) is 4.06. The molecule has 0 aromatic heterocycles. The van der Waals surface area contributed by atoms with Gasteiger partial charge in [0.15, 0.2) is 0 Å². The standard InChI is InChI=1S/C12H14N2O2/c1-3-4-10(13)12(16)14-9-5-6-11(15)8(2)7-9/h1,5-7,10,15H,4,13H2,2H3,(H,14,16). The summed E-state index contributed by atoms with van der Waals surface area (Å²) in [5, 5.41) is 11.9. The van der Waals surface area contributed by atoms with Crippen LogP contribution in [0.1, 0.15) is 12.0 Å². The molecule has 84 valence electrons. The molecule has 0 aliphatic rings. The molecule has 4 heteroatoms. The van der Waals surface area contributed by atoms with E-state index in [-0.39, 0.29) is 18.1 Å². The summed E-state index contributed by atoms with van der Waals surface area (Å²) < 4.78 is 0. The van der Waals surface area contributed by atoms with E-state index in [1.807, 2.05) is 0 Å². The van der Waals surface area contributed by atoms with E-state index in [2.05, 4.69) is 11.2 Å². The molecule has 1 unspecified atom stereocenters. The molecule has 16 heavy (non-hydrogen) atoms. The zero-order chi connectivity index (χ0) is 12.1. The zero-order valence-corrected chi connectivity index (χ0v) is 9.03. The Morgan fingerprint density at radius 1 is 1.69 bits per heavy atom. The molecule has 0 radical (unpaired) electrons. The number of phenolic OH excluding ortho intramolecular Hbond substituents is 1. The molecule has 1 rings (SSSR count). The molecule has 0 saturated carbocycles. The molecule has 1 atom stereocenters. The average molecular weight is 218 g/mol. The highest BCUT2D eigenvalue weighted by Gasteiger charge is 2.12. The topological polar surface area (TPSA) is 75.4 Å². The molecule has 0 aliphatic carbocycles. The Balaban J connectivity index is 2.70. The van der Waals surface area contributed by atoms with Gasteiger partial charge in [-0.2, -0.15) is 0 Å². The van der Waals surface area contributed by atoms with Crippen LogP contribution in [0.3, 0.4) is 0 Å². The number of aromatic hydroxyl groups is 1. The quantitative estimate of drug-likeness (QED) is 0.523. The van der Waals surface area contributed by atoms with E-state index >= 15 is 0 Å². The molecule has 0 aliphatic heterocycles. The normalized spacial score (nSPS) is 11.6. The molecule has 1 aromatic rings. The smallest absolute Gasteiger partial charge is 0.242 e. The highest BCUT2D eigenvalue weighted by atomic mass is 16.3. The lowest BCUT2D eigenvalue weighted by molar-refractivity contribution is -0.117. The van der Waals surface area contributed by atoms with Crippen LogP contribution < -0.4 is 11.1 Å². The molecule has 4 N–H and O–H groups in total. The van der Waals surface area contributed by atoms with Crippen molar-refractivity contribution in [1.82, 2.24) is 0 Å². The van der Waals surface area contributed by atoms with Crippen molar-refractivity contribution in [1.29, 1.82) is 0 Å². The number of anilines is 1. The predicted octanol–water partition coefficient (Wildman–Crippen LogP) is 0.990. The molecular formula is C12H14N2O2. The van der Waals surface area contributed by atoms with Crippen LogP contribution in [0.25, 0.3) is 0 Å². The summed E-state index contributed by atoms with van der Waals surface area (Å²) in [4.78, 5) is 11.5. The number of terminal acetylenes is 1. The van der Waals surface area contributed by atoms with Gasteiger partial charge in [-0.25, -0.2) is 0 Å². The fourth-order valence-electron chi connectivity index (χ4n) is 1.19. The molecule has 0 saturated heterocycles. The van der Waals surface area contributed by atoms with Gasteiger partial charge in [-0.3, -0.25) is 4.79 Å². The van der Waals surface area contributed by atoms with E-state index in [4.69, 9.17) is 12.2 Å². The SMILES string of the molecule is C#CCC(N)C(=O)Nc1ccc(O)c(C)c1. The Bertz CT molecular complexity index is 435. The van der Waals surface area contributed by atoms with Gasteiger partial charge in [0.05, 0.1) is 6.04 Å². The third-order valence-corrected chi connectivity index (χ3v) is 2.14. The Labute approximate surface area is 94.5 Å². The van der Waals surface area contributed by atoms with Crippen LogP contribution in [0.15, 0.2) is 18.2 Å². The first-order valence-corrected chi connectivity index (χ1v) is 4.84. The van der Waals surface area contributed by atoms with E-state index in [1.54, 1.807) is 19.1 Å². The summed E-state index contributed by atoms with van der Waals surface area (Å²) in [7, 11) is 0. The minimum absolute atomic E-state index is 0.186. The number of carbonyl (C=O) groups excluding carboxylic acids is 1. The van der Waals surface area contributed by atoms with Crippen molar-refractivity contribution in [3.05, 3.63) is 23.8 Å². The third-order valence-electron chi connectivity index (χ3n) is 2.14. The first kappa shape index (κ1) is 12.1. The van der Waals surface area contributed by atoms with E-state index in [0.717, 1.165) is 0 Å². The maximum absolute atomic E-state index is 11.5. The molecule has 0 heterocycles.